The molecule has 1 aromatic heterocycles. The standard InChI is InChI=1S/C13H12FN3O2S/c1-17(2)13(19)7-3-4-9(14)8(5-7)12-16-10(6-18)11(15)20-12/h3-6H,15H2,1-2H3. The summed E-state index contributed by atoms with van der Waals surface area (Å²) in [5.74, 6) is -0.766. The molecule has 2 aromatic rings. The zero-order valence-electron chi connectivity index (χ0n) is 10.9. The number of rotatable bonds is 3. The Morgan fingerprint density at radius 3 is 2.70 bits per heavy atom. The molecule has 0 aliphatic heterocycles. The maximum atomic E-state index is 13.9. The molecule has 104 valence electrons. The average molecular weight is 293 g/mol. The second-order valence-corrected chi connectivity index (χ2v) is 5.31. The van der Waals surface area contributed by atoms with Crippen LogP contribution in [0.1, 0.15) is 20.8 Å². The van der Waals surface area contributed by atoms with Crippen LogP contribution in [0.3, 0.4) is 0 Å². The van der Waals surface area contributed by atoms with Gasteiger partial charge in [-0.2, -0.15) is 0 Å². The number of carbonyl (C=O) groups is 2. The molecule has 7 heteroatoms. The van der Waals surface area contributed by atoms with Gasteiger partial charge in [-0.15, -0.1) is 0 Å². The van der Waals surface area contributed by atoms with Gasteiger partial charge >= 0.3 is 0 Å². The lowest BCUT2D eigenvalue weighted by Gasteiger charge is -2.11. The average Bonchev–Trinajstić information content (AvgIpc) is 2.79. The Hall–Kier alpha value is -2.28. The first-order valence-corrected chi connectivity index (χ1v) is 6.48. The number of aromatic nitrogens is 1. The largest absolute Gasteiger partial charge is 0.389 e. The van der Waals surface area contributed by atoms with Crippen molar-refractivity contribution in [3.05, 3.63) is 35.3 Å². The third-order valence-electron chi connectivity index (χ3n) is 2.64. The maximum Gasteiger partial charge on any atom is 0.253 e. The van der Waals surface area contributed by atoms with E-state index in [9.17, 15) is 14.0 Å². The third-order valence-corrected chi connectivity index (χ3v) is 3.58. The highest BCUT2D eigenvalue weighted by molar-refractivity contribution is 7.19. The summed E-state index contributed by atoms with van der Waals surface area (Å²) in [4.78, 5) is 28.0. The Bertz CT molecular complexity index is 682. The van der Waals surface area contributed by atoms with Gasteiger partial charge in [0, 0.05) is 25.2 Å². The fraction of sp³-hybridized carbons (Fsp3) is 0.154. The van der Waals surface area contributed by atoms with E-state index in [2.05, 4.69) is 4.98 Å². The lowest BCUT2D eigenvalue weighted by molar-refractivity contribution is 0.0827. The van der Waals surface area contributed by atoms with E-state index in [1.807, 2.05) is 0 Å². The van der Waals surface area contributed by atoms with Crippen molar-refractivity contribution in [1.29, 1.82) is 0 Å². The zero-order valence-corrected chi connectivity index (χ0v) is 11.7. The fourth-order valence-electron chi connectivity index (χ4n) is 1.62. The van der Waals surface area contributed by atoms with E-state index < -0.39 is 5.82 Å². The van der Waals surface area contributed by atoms with Gasteiger partial charge in [-0.1, -0.05) is 11.3 Å². The number of aldehydes is 1. The highest BCUT2D eigenvalue weighted by Crippen LogP contribution is 2.31. The van der Waals surface area contributed by atoms with Crippen molar-refractivity contribution in [3.8, 4) is 10.6 Å². The predicted molar refractivity (Wildman–Crippen MR) is 75.3 cm³/mol. The smallest absolute Gasteiger partial charge is 0.253 e. The monoisotopic (exact) mass is 293 g/mol. The van der Waals surface area contributed by atoms with Gasteiger partial charge in [-0.05, 0) is 18.2 Å². The van der Waals surface area contributed by atoms with E-state index in [-0.39, 0.29) is 27.2 Å². The molecule has 0 saturated carbocycles. The van der Waals surface area contributed by atoms with Crippen LogP contribution in [-0.4, -0.2) is 36.2 Å². The maximum absolute atomic E-state index is 13.9. The van der Waals surface area contributed by atoms with Gasteiger partial charge in [0.25, 0.3) is 5.91 Å². The predicted octanol–water partition coefficient (Wildman–Crippen LogP) is 2.05. The summed E-state index contributed by atoms with van der Waals surface area (Å²) < 4.78 is 13.9. The Balaban J connectivity index is 2.52. The molecule has 20 heavy (non-hydrogen) atoms. The SMILES string of the molecule is CN(C)C(=O)c1ccc(F)c(-c2nc(C=O)c(N)s2)c1. The number of benzene rings is 1. The van der Waals surface area contributed by atoms with Crippen LogP contribution in [0.4, 0.5) is 9.39 Å². The number of carbonyl (C=O) groups excluding carboxylic acids is 2. The second-order valence-electron chi connectivity index (χ2n) is 4.28. The summed E-state index contributed by atoms with van der Waals surface area (Å²) in [6.07, 6.45) is 0.516. The van der Waals surface area contributed by atoms with Crippen LogP contribution in [0.2, 0.25) is 0 Å². The molecule has 2 N–H and O–H groups in total. The van der Waals surface area contributed by atoms with Crippen molar-refractivity contribution in [2.24, 2.45) is 0 Å². The number of amides is 1. The zero-order chi connectivity index (χ0) is 14.9. The summed E-state index contributed by atoms with van der Waals surface area (Å²) in [6, 6.07) is 4.01. The van der Waals surface area contributed by atoms with Gasteiger partial charge in [-0.3, -0.25) is 9.59 Å². The highest BCUT2D eigenvalue weighted by atomic mass is 32.1. The van der Waals surface area contributed by atoms with Gasteiger partial charge in [0.05, 0.1) is 0 Å². The topological polar surface area (TPSA) is 76.3 Å². The number of nitrogens with zero attached hydrogens (tertiary/aromatic N) is 2. The summed E-state index contributed by atoms with van der Waals surface area (Å²) in [5.41, 5.74) is 6.19. The Labute approximate surface area is 118 Å². The van der Waals surface area contributed by atoms with Crippen molar-refractivity contribution < 1.29 is 14.0 Å². The van der Waals surface area contributed by atoms with E-state index in [1.54, 1.807) is 14.1 Å². The van der Waals surface area contributed by atoms with Crippen molar-refractivity contribution in [1.82, 2.24) is 9.88 Å². The molecule has 0 radical (unpaired) electrons. The molecule has 0 saturated heterocycles. The number of hydrogen-bond donors (Lipinski definition) is 1. The van der Waals surface area contributed by atoms with Crippen LogP contribution in [0.15, 0.2) is 18.2 Å². The van der Waals surface area contributed by atoms with Crippen molar-refractivity contribution in [3.63, 3.8) is 0 Å². The molecular weight excluding hydrogens is 281 g/mol. The molecule has 1 heterocycles. The van der Waals surface area contributed by atoms with Gasteiger partial charge in [0.15, 0.2) is 6.29 Å². The molecule has 0 unspecified atom stereocenters. The van der Waals surface area contributed by atoms with E-state index in [0.717, 1.165) is 11.3 Å². The lowest BCUT2D eigenvalue weighted by atomic mass is 10.1. The third kappa shape index (κ3) is 2.53. The molecule has 2 rings (SSSR count). The highest BCUT2D eigenvalue weighted by Gasteiger charge is 2.16. The minimum Gasteiger partial charge on any atom is -0.389 e. The Kier molecular flexibility index (Phi) is 3.80. The first-order chi connectivity index (χ1) is 9.43. The quantitative estimate of drug-likeness (QED) is 0.879. The summed E-state index contributed by atoms with van der Waals surface area (Å²) in [5, 5.41) is 0.495. The number of hydrogen-bond acceptors (Lipinski definition) is 5. The van der Waals surface area contributed by atoms with Crippen LogP contribution in [-0.2, 0) is 0 Å². The normalized spacial score (nSPS) is 10.3. The fourth-order valence-corrected chi connectivity index (χ4v) is 2.44. The Morgan fingerprint density at radius 1 is 1.45 bits per heavy atom. The molecule has 0 aliphatic carbocycles. The minimum atomic E-state index is -0.522. The van der Waals surface area contributed by atoms with Crippen LogP contribution < -0.4 is 5.73 Å². The molecular formula is C13H12FN3O2S. The van der Waals surface area contributed by atoms with Gasteiger partial charge in [0.2, 0.25) is 0 Å². The van der Waals surface area contributed by atoms with Crippen molar-refractivity contribution >= 4 is 28.5 Å². The molecule has 5 nitrogen and oxygen atoms in total. The van der Waals surface area contributed by atoms with E-state index in [4.69, 9.17) is 5.73 Å². The number of thiazole rings is 1. The summed E-state index contributed by atoms with van der Waals surface area (Å²) in [6.45, 7) is 0. The molecule has 1 aromatic carbocycles. The minimum absolute atomic E-state index is 0.0775. The van der Waals surface area contributed by atoms with Gasteiger partial charge < -0.3 is 10.6 Å². The number of halogens is 1. The summed E-state index contributed by atoms with van der Waals surface area (Å²) >= 11 is 1.01. The Morgan fingerprint density at radius 2 is 2.15 bits per heavy atom. The van der Waals surface area contributed by atoms with Crippen LogP contribution in [0.5, 0.6) is 0 Å². The number of nitrogen functional groups attached to an aromatic ring is 1. The molecule has 1 amide bonds. The first kappa shape index (κ1) is 14.1. The number of nitrogens with two attached hydrogens (primary N) is 1. The second kappa shape index (κ2) is 5.38. The first-order valence-electron chi connectivity index (χ1n) is 5.67. The summed E-state index contributed by atoms with van der Waals surface area (Å²) in [7, 11) is 3.22. The van der Waals surface area contributed by atoms with Crippen molar-refractivity contribution in [2.45, 2.75) is 0 Å². The van der Waals surface area contributed by atoms with E-state index >= 15 is 0 Å². The van der Waals surface area contributed by atoms with Crippen molar-refractivity contribution in [2.75, 3.05) is 19.8 Å². The van der Waals surface area contributed by atoms with Crippen LogP contribution in [0.25, 0.3) is 10.6 Å². The number of anilines is 1. The molecule has 0 atom stereocenters. The molecule has 0 spiro atoms. The molecule has 0 aliphatic rings. The molecule has 0 fully saturated rings. The lowest BCUT2D eigenvalue weighted by Crippen LogP contribution is -2.21. The van der Waals surface area contributed by atoms with Crippen LogP contribution in [0, 0.1) is 5.82 Å². The van der Waals surface area contributed by atoms with E-state index in [0.29, 0.717) is 11.8 Å². The molecule has 0 bridgehead atoms. The van der Waals surface area contributed by atoms with Crippen LogP contribution >= 0.6 is 11.3 Å². The van der Waals surface area contributed by atoms with E-state index in [1.165, 1.54) is 23.1 Å². The van der Waals surface area contributed by atoms with Gasteiger partial charge in [0.1, 0.15) is 21.5 Å². The van der Waals surface area contributed by atoms with Gasteiger partial charge in [-0.25, -0.2) is 9.37 Å².